The molecule has 3 unspecified atom stereocenters. The van der Waals surface area contributed by atoms with Crippen molar-refractivity contribution >= 4 is 5.91 Å². The summed E-state index contributed by atoms with van der Waals surface area (Å²) in [5.74, 6) is 0.795. The number of nitrogens with one attached hydrogen (secondary N) is 2. The molecule has 1 amide bonds. The van der Waals surface area contributed by atoms with Crippen molar-refractivity contribution in [1.29, 1.82) is 0 Å². The molecule has 1 aromatic heterocycles. The van der Waals surface area contributed by atoms with E-state index in [0.29, 0.717) is 30.1 Å². The fraction of sp³-hybridized carbons (Fsp3) is 0.778. The number of carbonyl (C=O) groups excluding carboxylic acids is 1. The lowest BCUT2D eigenvalue weighted by Gasteiger charge is -2.34. The molecule has 2 fully saturated rings. The summed E-state index contributed by atoms with van der Waals surface area (Å²) in [5, 5.41) is 10.9. The van der Waals surface area contributed by atoms with Crippen molar-refractivity contribution in [3.05, 3.63) is 18.0 Å². The van der Waals surface area contributed by atoms with Gasteiger partial charge in [0, 0.05) is 31.8 Å². The van der Waals surface area contributed by atoms with Gasteiger partial charge in [-0.1, -0.05) is 13.8 Å². The second kappa shape index (κ2) is 8.12. The van der Waals surface area contributed by atoms with E-state index in [1.54, 1.807) is 0 Å². The number of aromatic nitrogens is 2. The lowest BCUT2D eigenvalue weighted by atomic mass is 9.87. The van der Waals surface area contributed by atoms with E-state index in [4.69, 9.17) is 4.74 Å². The van der Waals surface area contributed by atoms with Crippen molar-refractivity contribution in [1.82, 2.24) is 20.4 Å². The zero-order valence-corrected chi connectivity index (χ0v) is 14.8. The van der Waals surface area contributed by atoms with Gasteiger partial charge in [0.25, 0.3) is 5.91 Å². The number of nitrogens with zero attached hydrogens (tertiary/aromatic N) is 2. The van der Waals surface area contributed by atoms with Crippen molar-refractivity contribution in [2.45, 2.75) is 51.7 Å². The molecule has 1 aromatic rings. The van der Waals surface area contributed by atoms with Crippen LogP contribution in [-0.2, 0) is 4.74 Å². The van der Waals surface area contributed by atoms with Gasteiger partial charge < -0.3 is 15.4 Å². The number of piperidine rings is 1. The number of rotatable bonds is 5. The van der Waals surface area contributed by atoms with E-state index in [9.17, 15) is 4.79 Å². The summed E-state index contributed by atoms with van der Waals surface area (Å²) in [5.41, 5.74) is 0.512. The van der Waals surface area contributed by atoms with Crippen molar-refractivity contribution in [3.63, 3.8) is 0 Å². The van der Waals surface area contributed by atoms with E-state index in [-0.39, 0.29) is 12.0 Å². The van der Waals surface area contributed by atoms with Crippen molar-refractivity contribution in [3.8, 4) is 0 Å². The van der Waals surface area contributed by atoms with Gasteiger partial charge in [0.05, 0.1) is 12.1 Å². The lowest BCUT2D eigenvalue weighted by molar-refractivity contribution is -0.0510. The molecule has 2 aliphatic heterocycles. The molecule has 2 aliphatic rings. The van der Waals surface area contributed by atoms with Crippen molar-refractivity contribution in [2.24, 2.45) is 11.8 Å². The van der Waals surface area contributed by atoms with Crippen LogP contribution in [0.25, 0.3) is 0 Å². The first-order valence-corrected chi connectivity index (χ1v) is 9.31. The van der Waals surface area contributed by atoms with E-state index < -0.39 is 0 Å². The Hall–Kier alpha value is -1.40. The average molecular weight is 334 g/mol. The standard InChI is InChI=1S/C18H30N4O2/c1-13(2)17-14(5-4-10-24-17)11-20-18(23)16-7-9-22(21-16)15-6-3-8-19-12-15/h7,9,13-15,17,19H,3-6,8,10-12H2,1-2H3,(H,20,23). The molecule has 2 N–H and O–H groups in total. The van der Waals surface area contributed by atoms with E-state index in [0.717, 1.165) is 45.4 Å². The Morgan fingerprint density at radius 1 is 1.46 bits per heavy atom. The molecule has 0 aromatic carbocycles. The van der Waals surface area contributed by atoms with Crippen LogP contribution in [0.1, 0.15) is 56.1 Å². The molecule has 3 heterocycles. The fourth-order valence-corrected chi connectivity index (χ4v) is 3.86. The van der Waals surface area contributed by atoms with Crippen molar-refractivity contribution < 1.29 is 9.53 Å². The minimum atomic E-state index is -0.0781. The normalized spacial score (nSPS) is 28.0. The quantitative estimate of drug-likeness (QED) is 0.864. The summed E-state index contributed by atoms with van der Waals surface area (Å²) < 4.78 is 7.83. The Kier molecular flexibility index (Phi) is 5.89. The maximum atomic E-state index is 12.4. The topological polar surface area (TPSA) is 68.2 Å². The molecule has 0 saturated carbocycles. The second-order valence-electron chi connectivity index (χ2n) is 7.37. The third-order valence-corrected chi connectivity index (χ3v) is 5.16. The molecule has 6 nitrogen and oxygen atoms in total. The first-order chi connectivity index (χ1) is 11.6. The Bertz CT molecular complexity index is 537. The van der Waals surface area contributed by atoms with Gasteiger partial charge in [-0.05, 0) is 44.2 Å². The molecule has 2 saturated heterocycles. The maximum Gasteiger partial charge on any atom is 0.271 e. The van der Waals surface area contributed by atoms with Gasteiger partial charge in [0.2, 0.25) is 0 Å². The van der Waals surface area contributed by atoms with Gasteiger partial charge >= 0.3 is 0 Å². The van der Waals surface area contributed by atoms with Crippen LogP contribution in [0, 0.1) is 11.8 Å². The van der Waals surface area contributed by atoms with Gasteiger partial charge in [-0.15, -0.1) is 0 Å². The number of ether oxygens (including phenoxy) is 1. The Balaban J connectivity index is 1.54. The van der Waals surface area contributed by atoms with Gasteiger partial charge in [-0.25, -0.2) is 0 Å². The summed E-state index contributed by atoms with van der Waals surface area (Å²) in [7, 11) is 0. The zero-order chi connectivity index (χ0) is 16.9. The molecule has 134 valence electrons. The molecule has 0 spiro atoms. The number of amides is 1. The minimum absolute atomic E-state index is 0.0781. The van der Waals surface area contributed by atoms with Crippen molar-refractivity contribution in [2.75, 3.05) is 26.2 Å². The number of carbonyl (C=O) groups is 1. The average Bonchev–Trinajstić information content (AvgIpc) is 3.11. The monoisotopic (exact) mass is 334 g/mol. The van der Waals surface area contributed by atoms with Gasteiger partial charge in [-0.2, -0.15) is 5.10 Å². The smallest absolute Gasteiger partial charge is 0.271 e. The highest BCUT2D eigenvalue weighted by Crippen LogP contribution is 2.25. The third-order valence-electron chi connectivity index (χ3n) is 5.16. The maximum absolute atomic E-state index is 12.4. The van der Waals surface area contributed by atoms with Gasteiger partial charge in [-0.3, -0.25) is 9.48 Å². The van der Waals surface area contributed by atoms with Crippen LogP contribution in [0.2, 0.25) is 0 Å². The number of hydrogen-bond acceptors (Lipinski definition) is 4. The van der Waals surface area contributed by atoms with E-state index in [2.05, 4.69) is 29.6 Å². The van der Waals surface area contributed by atoms with E-state index in [1.807, 2.05) is 16.9 Å². The third kappa shape index (κ3) is 4.16. The highest BCUT2D eigenvalue weighted by atomic mass is 16.5. The van der Waals surface area contributed by atoms with E-state index >= 15 is 0 Å². The van der Waals surface area contributed by atoms with Crippen LogP contribution in [0.4, 0.5) is 0 Å². The summed E-state index contributed by atoms with van der Waals surface area (Å²) in [6.45, 7) is 7.88. The highest BCUT2D eigenvalue weighted by Gasteiger charge is 2.29. The SMILES string of the molecule is CC(C)C1OCCCC1CNC(=O)c1ccn(C2CCCNC2)n1. The summed E-state index contributed by atoms with van der Waals surface area (Å²) in [4.78, 5) is 12.4. The predicted molar refractivity (Wildman–Crippen MR) is 93.0 cm³/mol. The highest BCUT2D eigenvalue weighted by molar-refractivity contribution is 5.92. The Morgan fingerprint density at radius 3 is 3.08 bits per heavy atom. The molecular formula is C18H30N4O2. The van der Waals surface area contributed by atoms with Crippen LogP contribution in [0.3, 0.4) is 0 Å². The molecular weight excluding hydrogens is 304 g/mol. The van der Waals surface area contributed by atoms with Crippen LogP contribution in [0.15, 0.2) is 12.3 Å². The van der Waals surface area contributed by atoms with Gasteiger partial charge in [0.15, 0.2) is 0 Å². The molecule has 6 heteroatoms. The van der Waals surface area contributed by atoms with Gasteiger partial charge in [0.1, 0.15) is 5.69 Å². The first kappa shape index (κ1) is 17.4. The Morgan fingerprint density at radius 2 is 2.33 bits per heavy atom. The second-order valence-corrected chi connectivity index (χ2v) is 7.37. The summed E-state index contributed by atoms with van der Waals surface area (Å²) >= 11 is 0. The first-order valence-electron chi connectivity index (χ1n) is 9.31. The van der Waals surface area contributed by atoms with Crippen LogP contribution < -0.4 is 10.6 Å². The van der Waals surface area contributed by atoms with Crippen LogP contribution in [0.5, 0.6) is 0 Å². The van der Waals surface area contributed by atoms with Crippen LogP contribution in [-0.4, -0.2) is 48.0 Å². The van der Waals surface area contributed by atoms with E-state index in [1.165, 1.54) is 0 Å². The summed E-state index contributed by atoms with van der Waals surface area (Å²) in [6.07, 6.45) is 6.63. The Labute approximate surface area is 144 Å². The molecule has 0 bridgehead atoms. The fourth-order valence-electron chi connectivity index (χ4n) is 3.86. The summed E-state index contributed by atoms with van der Waals surface area (Å²) in [6, 6.07) is 2.18. The molecule has 24 heavy (non-hydrogen) atoms. The molecule has 0 radical (unpaired) electrons. The predicted octanol–water partition coefficient (Wildman–Crippen LogP) is 1.99. The number of hydrogen-bond donors (Lipinski definition) is 2. The zero-order valence-electron chi connectivity index (χ0n) is 14.8. The minimum Gasteiger partial charge on any atom is -0.378 e. The molecule has 3 atom stereocenters. The lowest BCUT2D eigenvalue weighted by Crippen LogP contribution is -2.41. The largest absolute Gasteiger partial charge is 0.378 e. The van der Waals surface area contributed by atoms with Crippen LogP contribution >= 0.6 is 0 Å². The molecule has 0 aliphatic carbocycles. The molecule has 3 rings (SSSR count).